The van der Waals surface area contributed by atoms with Crippen LogP contribution in [0.15, 0.2) is 48.7 Å². The number of aromatic amines is 1. The first-order chi connectivity index (χ1) is 13.2. The lowest BCUT2D eigenvalue weighted by Crippen LogP contribution is -2.46. The Kier molecular flexibility index (Phi) is 4.90. The molecule has 0 spiro atoms. The van der Waals surface area contributed by atoms with Crippen LogP contribution in [-0.4, -0.2) is 39.3 Å². The molecule has 3 N–H and O–H groups in total. The fourth-order valence-corrected chi connectivity index (χ4v) is 3.66. The van der Waals surface area contributed by atoms with Gasteiger partial charge in [0.2, 0.25) is 0 Å². The zero-order valence-corrected chi connectivity index (χ0v) is 15.6. The zero-order chi connectivity index (χ0) is 18.6. The molecule has 1 atom stereocenters. The van der Waals surface area contributed by atoms with E-state index in [-0.39, 0.29) is 0 Å². The molecule has 3 aromatic rings. The normalized spacial score (nSPS) is 16.7. The van der Waals surface area contributed by atoms with Crippen molar-refractivity contribution in [1.82, 2.24) is 15.1 Å². The maximum absolute atomic E-state index is 8.89. The fourth-order valence-electron chi connectivity index (χ4n) is 3.38. The number of nitrogens with one attached hydrogen (secondary N) is 3. The first kappa shape index (κ1) is 17.3. The molecular weight excluding hydrogens is 356 g/mol. The number of benzene rings is 2. The van der Waals surface area contributed by atoms with E-state index in [0.29, 0.717) is 11.6 Å². The largest absolute Gasteiger partial charge is 0.381 e. The molecule has 0 saturated carbocycles. The van der Waals surface area contributed by atoms with Crippen LogP contribution >= 0.6 is 12.2 Å². The topological polar surface area (TPSA) is 79.8 Å². The van der Waals surface area contributed by atoms with Gasteiger partial charge in [-0.1, -0.05) is 0 Å². The van der Waals surface area contributed by atoms with Crippen molar-refractivity contribution in [3.63, 3.8) is 0 Å². The highest BCUT2D eigenvalue weighted by atomic mass is 32.1. The second-order valence-corrected chi connectivity index (χ2v) is 7.11. The summed E-state index contributed by atoms with van der Waals surface area (Å²) in [6.07, 6.45) is 4.03. The third-order valence-corrected chi connectivity index (χ3v) is 5.15. The molecule has 1 unspecified atom stereocenters. The summed E-state index contributed by atoms with van der Waals surface area (Å²) in [7, 11) is 0. The van der Waals surface area contributed by atoms with E-state index < -0.39 is 0 Å². The molecule has 0 aliphatic carbocycles. The van der Waals surface area contributed by atoms with Gasteiger partial charge in [-0.2, -0.15) is 10.4 Å². The quantitative estimate of drug-likeness (QED) is 0.605. The Labute approximate surface area is 163 Å². The molecule has 0 amide bonds. The van der Waals surface area contributed by atoms with E-state index in [1.54, 1.807) is 12.1 Å². The number of piperidine rings is 1. The van der Waals surface area contributed by atoms with E-state index in [9.17, 15) is 0 Å². The van der Waals surface area contributed by atoms with Crippen molar-refractivity contribution in [1.29, 1.82) is 5.26 Å². The van der Waals surface area contributed by atoms with Crippen LogP contribution in [0.25, 0.3) is 10.9 Å². The number of H-pyrrole nitrogens is 1. The average Bonchev–Trinajstić information content (AvgIpc) is 3.16. The highest BCUT2D eigenvalue weighted by Crippen LogP contribution is 2.21. The van der Waals surface area contributed by atoms with Gasteiger partial charge in [-0.25, -0.2) is 0 Å². The van der Waals surface area contributed by atoms with Crippen molar-refractivity contribution >= 4 is 39.6 Å². The second kappa shape index (κ2) is 7.64. The maximum atomic E-state index is 8.89. The molecule has 6 nitrogen and oxygen atoms in total. The minimum Gasteiger partial charge on any atom is -0.381 e. The van der Waals surface area contributed by atoms with Crippen molar-refractivity contribution in [3.05, 3.63) is 54.2 Å². The van der Waals surface area contributed by atoms with E-state index >= 15 is 0 Å². The summed E-state index contributed by atoms with van der Waals surface area (Å²) in [6, 6.07) is 16.0. The third-order valence-electron chi connectivity index (χ3n) is 4.78. The van der Waals surface area contributed by atoms with Crippen molar-refractivity contribution in [2.45, 2.75) is 18.9 Å². The summed E-state index contributed by atoms with van der Waals surface area (Å²) < 4.78 is 0. The molecule has 2 heterocycles. The number of hydrogen-bond acceptors (Lipinski definition) is 4. The third kappa shape index (κ3) is 4.01. The highest BCUT2D eigenvalue weighted by molar-refractivity contribution is 7.80. The van der Waals surface area contributed by atoms with Crippen LogP contribution in [0.4, 0.5) is 11.4 Å². The number of nitriles is 1. The summed E-state index contributed by atoms with van der Waals surface area (Å²) >= 11 is 5.60. The van der Waals surface area contributed by atoms with Gasteiger partial charge in [-0.05, 0) is 67.5 Å². The van der Waals surface area contributed by atoms with Crippen molar-refractivity contribution in [2.24, 2.45) is 0 Å². The molecule has 4 rings (SSSR count). The monoisotopic (exact) mass is 376 g/mol. The van der Waals surface area contributed by atoms with Crippen LogP contribution in [-0.2, 0) is 0 Å². The predicted octanol–water partition coefficient (Wildman–Crippen LogP) is 3.71. The molecule has 1 fully saturated rings. The van der Waals surface area contributed by atoms with Gasteiger partial charge in [0.25, 0.3) is 0 Å². The molecule has 2 aromatic carbocycles. The number of fused-ring (bicyclic) bond motifs is 1. The maximum Gasteiger partial charge on any atom is 0.173 e. The molecular formula is C20H20N6S. The van der Waals surface area contributed by atoms with Crippen LogP contribution in [0, 0.1) is 11.3 Å². The Morgan fingerprint density at radius 2 is 2.04 bits per heavy atom. The number of thiocarbonyl (C=S) groups is 1. The van der Waals surface area contributed by atoms with E-state index in [1.165, 1.54) is 0 Å². The lowest BCUT2D eigenvalue weighted by molar-refractivity contribution is 0.325. The predicted molar refractivity (Wildman–Crippen MR) is 112 cm³/mol. The van der Waals surface area contributed by atoms with E-state index in [2.05, 4.69) is 43.9 Å². The minimum atomic E-state index is 0.337. The smallest absolute Gasteiger partial charge is 0.173 e. The van der Waals surface area contributed by atoms with Gasteiger partial charge < -0.3 is 15.5 Å². The summed E-state index contributed by atoms with van der Waals surface area (Å²) in [6.45, 7) is 1.80. The molecule has 136 valence electrons. The number of hydrogen-bond donors (Lipinski definition) is 3. The van der Waals surface area contributed by atoms with Crippen molar-refractivity contribution < 1.29 is 0 Å². The minimum absolute atomic E-state index is 0.337. The SMILES string of the molecule is N#Cc1ccc(NC(=S)N2CCCC(Nc3ccc4[nH]ncc4c3)C2)cc1. The molecule has 1 aliphatic heterocycles. The zero-order valence-electron chi connectivity index (χ0n) is 14.8. The highest BCUT2D eigenvalue weighted by Gasteiger charge is 2.21. The Morgan fingerprint density at radius 3 is 2.85 bits per heavy atom. The molecule has 7 heteroatoms. The van der Waals surface area contributed by atoms with Crippen LogP contribution < -0.4 is 10.6 Å². The Hall–Kier alpha value is -3.11. The van der Waals surface area contributed by atoms with Crippen LogP contribution in [0.3, 0.4) is 0 Å². The number of rotatable bonds is 3. The van der Waals surface area contributed by atoms with Crippen molar-refractivity contribution in [3.8, 4) is 6.07 Å². The fraction of sp³-hybridized carbons (Fsp3) is 0.250. The van der Waals surface area contributed by atoms with Gasteiger partial charge in [0, 0.05) is 35.9 Å². The van der Waals surface area contributed by atoms with E-state index in [0.717, 1.165) is 53.3 Å². The first-order valence-electron chi connectivity index (χ1n) is 8.97. The second-order valence-electron chi connectivity index (χ2n) is 6.72. The Morgan fingerprint density at radius 1 is 1.22 bits per heavy atom. The number of aromatic nitrogens is 2. The summed E-state index contributed by atoms with van der Waals surface area (Å²) in [5, 5.41) is 24.7. The number of nitrogens with zero attached hydrogens (tertiary/aromatic N) is 3. The molecule has 1 aliphatic rings. The molecule has 1 saturated heterocycles. The molecule has 0 radical (unpaired) electrons. The lowest BCUT2D eigenvalue weighted by atomic mass is 10.1. The number of anilines is 2. The number of likely N-dealkylation sites (tertiary alicyclic amines) is 1. The molecule has 1 aromatic heterocycles. The van der Waals surface area contributed by atoms with Gasteiger partial charge >= 0.3 is 0 Å². The lowest BCUT2D eigenvalue weighted by Gasteiger charge is -2.35. The molecule has 27 heavy (non-hydrogen) atoms. The van der Waals surface area contributed by atoms with E-state index in [1.807, 2.05) is 24.4 Å². The van der Waals surface area contributed by atoms with Gasteiger partial charge in [0.15, 0.2) is 5.11 Å². The summed E-state index contributed by atoms with van der Waals surface area (Å²) in [5.41, 5.74) is 3.68. The van der Waals surface area contributed by atoms with Gasteiger partial charge in [-0.3, -0.25) is 5.10 Å². The Bertz CT molecular complexity index is 988. The van der Waals surface area contributed by atoms with Crippen LogP contribution in [0.5, 0.6) is 0 Å². The van der Waals surface area contributed by atoms with E-state index in [4.69, 9.17) is 17.5 Å². The van der Waals surface area contributed by atoms with Gasteiger partial charge in [0.05, 0.1) is 23.3 Å². The Balaban J connectivity index is 1.37. The first-order valence-corrected chi connectivity index (χ1v) is 9.38. The van der Waals surface area contributed by atoms with Crippen molar-refractivity contribution in [2.75, 3.05) is 23.7 Å². The summed E-state index contributed by atoms with van der Waals surface area (Å²) in [4.78, 5) is 2.20. The van der Waals surface area contributed by atoms with Crippen LogP contribution in [0.2, 0.25) is 0 Å². The van der Waals surface area contributed by atoms with Crippen LogP contribution in [0.1, 0.15) is 18.4 Å². The van der Waals surface area contributed by atoms with Gasteiger partial charge in [0.1, 0.15) is 0 Å². The standard InChI is InChI=1S/C20H20N6S/c21-11-14-3-5-16(6-4-14)24-20(27)26-9-1-2-18(13-26)23-17-7-8-19-15(10-17)12-22-25-19/h3-8,10,12,18,23H,1-2,9,13H2,(H,22,25)(H,24,27). The average molecular weight is 376 g/mol. The summed E-state index contributed by atoms with van der Waals surface area (Å²) in [5.74, 6) is 0. The van der Waals surface area contributed by atoms with Gasteiger partial charge in [-0.15, -0.1) is 0 Å². The molecule has 0 bridgehead atoms.